The van der Waals surface area contributed by atoms with E-state index < -0.39 is 52.1 Å². The molecule has 9 heterocycles. The van der Waals surface area contributed by atoms with E-state index in [9.17, 15) is 33.2 Å². The lowest BCUT2D eigenvalue weighted by molar-refractivity contribution is -0.127. The number of amides is 5. The van der Waals surface area contributed by atoms with E-state index in [1.165, 1.54) is 24.3 Å². The van der Waals surface area contributed by atoms with Gasteiger partial charge < -0.3 is 75.6 Å². The van der Waals surface area contributed by atoms with E-state index in [2.05, 4.69) is 89.8 Å². The van der Waals surface area contributed by atoms with Crippen LogP contribution in [0.15, 0.2) is 80.7 Å². The topological polar surface area (TPSA) is 367 Å². The fraction of sp³-hybridized carbons (Fsp3) is 0.452. The molecule has 6 aliphatic rings. The minimum absolute atomic E-state index is 0. The number of hydrogen-bond acceptors (Lipinski definition) is 19. The number of carbonyl (C=O) groups is 6. The van der Waals surface area contributed by atoms with Gasteiger partial charge in [-0.1, -0.05) is 44.3 Å². The molecule has 119 heavy (non-hydrogen) atoms. The van der Waals surface area contributed by atoms with Crippen LogP contribution in [-0.4, -0.2) is 200 Å². The highest BCUT2D eigenvalue weighted by atomic mass is 35.5. The van der Waals surface area contributed by atoms with Crippen molar-refractivity contribution >= 4 is 104 Å². The molecule has 0 unspecified atom stereocenters. The van der Waals surface area contributed by atoms with Crippen molar-refractivity contribution in [2.75, 3.05) is 84.5 Å². The lowest BCUT2D eigenvalue weighted by atomic mass is 10.1. The van der Waals surface area contributed by atoms with Gasteiger partial charge in [0, 0.05) is 96.4 Å². The fourth-order valence-corrected chi connectivity index (χ4v) is 15.1. The van der Waals surface area contributed by atoms with Crippen LogP contribution in [0, 0.1) is 53.0 Å². The van der Waals surface area contributed by atoms with E-state index in [4.69, 9.17) is 52.8 Å². The van der Waals surface area contributed by atoms with Crippen LogP contribution < -0.4 is 33.2 Å². The van der Waals surface area contributed by atoms with Crippen molar-refractivity contribution in [1.82, 2.24) is 73.1 Å². The number of hydrogen-bond donors (Lipinski definition) is 6. The number of aromatic nitrogens is 12. The monoisotopic (exact) mass is 1670 g/mol. The average molecular weight is 1680 g/mol. The van der Waals surface area contributed by atoms with Gasteiger partial charge in [-0.15, -0.1) is 12.4 Å². The molecule has 0 bridgehead atoms. The standard InChI is InChI=1S/C30H37FN6O4.C27H30FN7O3.C24H28FN7O2.C3H3ClO.ClH/c1-6-7-25-27(28(32)38)23(11-8-18-12-24-26(14-22(18)31)36(17-33-24)19-9-10-19)34-37(25)20-13-21(16-40-5)35(15-20)29(39)41-30(2,3)4;1-4-24(36)33-13-18(11-19(33)14-38-3)35-27(30-5-2)25(26(29)37)21(32-35)9-6-16-10-22-23(12-20(16)28)34(15-31-22)17-7-8-17;1-3-27-24-22(23(26)33)19(30-32(24)17-9-15(12-34-2)28-11-17)7-4-14-8-20-21(10-18(14)25)31(13-29-20)16-5-6-16;1-2-3(4)5;/h12,14,17,19-21H,6-7,9-10,13,15-16H2,1-5H3,(H2,32,38);4,10,12,15,17-19,30H,1,5,7-8,11,13-14H2,2-3H3,(H2,29,37);8,10,13,15-17,27-28H,3,5-6,9,11-12H2,1-2H3,(H2,26,33);2H,1H2;1H/t20-,21+;18-,19+;15-,17+;;/m001../s1. The van der Waals surface area contributed by atoms with Gasteiger partial charge >= 0.3 is 6.09 Å². The molecule has 3 saturated carbocycles. The van der Waals surface area contributed by atoms with Crippen molar-refractivity contribution in [3.63, 3.8) is 0 Å². The predicted molar refractivity (Wildman–Crippen MR) is 445 cm³/mol. The van der Waals surface area contributed by atoms with Crippen LogP contribution in [-0.2, 0) is 35.0 Å². The molecule has 6 atom stereocenters. The van der Waals surface area contributed by atoms with Gasteiger partial charge in [0.05, 0.1) is 130 Å². The number of fused-ring (bicyclic) bond motifs is 3. The van der Waals surface area contributed by atoms with Crippen molar-refractivity contribution in [2.45, 2.75) is 172 Å². The Labute approximate surface area is 697 Å². The van der Waals surface area contributed by atoms with Gasteiger partial charge in [-0.25, -0.2) is 42.3 Å². The molecule has 5 amide bonds. The molecule has 15 rings (SSSR count). The van der Waals surface area contributed by atoms with Gasteiger partial charge in [-0.3, -0.25) is 28.7 Å². The van der Waals surface area contributed by atoms with Crippen LogP contribution in [0.25, 0.3) is 33.1 Å². The van der Waals surface area contributed by atoms with Crippen molar-refractivity contribution in [3.8, 4) is 35.5 Å². The maximum absolute atomic E-state index is 15.1. The molecule has 3 saturated heterocycles. The second-order valence-electron chi connectivity index (χ2n) is 30.7. The predicted octanol–water partition coefficient (Wildman–Crippen LogP) is 10.5. The number of nitrogens with two attached hydrogens (primary N) is 3. The number of ether oxygens (including phenoxy) is 4. The molecule has 35 heteroatoms. The Hall–Kier alpha value is -11.5. The van der Waals surface area contributed by atoms with E-state index in [0.29, 0.717) is 124 Å². The first-order valence-electron chi connectivity index (χ1n) is 39.4. The minimum atomic E-state index is -0.707. The van der Waals surface area contributed by atoms with E-state index in [0.717, 1.165) is 74.0 Å². The zero-order valence-corrected chi connectivity index (χ0v) is 69.5. The number of anilines is 2. The Morgan fingerprint density at radius 1 is 0.555 bits per heavy atom. The van der Waals surface area contributed by atoms with Gasteiger partial charge in [0.2, 0.25) is 11.1 Å². The van der Waals surface area contributed by atoms with Gasteiger partial charge in [-0.2, -0.15) is 15.3 Å². The van der Waals surface area contributed by atoms with Crippen LogP contribution in [0.5, 0.6) is 0 Å². The van der Waals surface area contributed by atoms with Crippen LogP contribution in [0.4, 0.5) is 29.6 Å². The number of imidazole rings is 3. The van der Waals surface area contributed by atoms with Crippen molar-refractivity contribution in [3.05, 3.63) is 154 Å². The Morgan fingerprint density at radius 3 is 1.31 bits per heavy atom. The molecule has 0 spiro atoms. The highest BCUT2D eigenvalue weighted by Crippen LogP contribution is 2.41. The van der Waals surface area contributed by atoms with E-state index in [1.807, 2.05) is 55.2 Å². The molecule has 3 aliphatic heterocycles. The van der Waals surface area contributed by atoms with Crippen molar-refractivity contribution in [2.24, 2.45) is 17.2 Å². The maximum atomic E-state index is 15.1. The first kappa shape index (κ1) is 88.3. The third-order valence-corrected chi connectivity index (χ3v) is 21.0. The summed E-state index contributed by atoms with van der Waals surface area (Å²) in [4.78, 5) is 89.1. The zero-order chi connectivity index (χ0) is 84.6. The summed E-state index contributed by atoms with van der Waals surface area (Å²) < 4.78 is 77.8. The van der Waals surface area contributed by atoms with Crippen LogP contribution in [0.2, 0.25) is 0 Å². The number of benzene rings is 3. The summed E-state index contributed by atoms with van der Waals surface area (Å²) in [6.45, 7) is 21.6. The Bertz CT molecular complexity index is 5540. The largest absolute Gasteiger partial charge is 0.444 e. The second kappa shape index (κ2) is 38.5. The summed E-state index contributed by atoms with van der Waals surface area (Å²) in [5, 5.41) is 23.2. The summed E-state index contributed by atoms with van der Waals surface area (Å²) in [5.41, 5.74) is 23.2. The summed E-state index contributed by atoms with van der Waals surface area (Å²) in [5.74, 6) is 14.6. The number of carbonyl (C=O) groups excluding carboxylic acids is 6. The highest BCUT2D eigenvalue weighted by Gasteiger charge is 2.42. The third-order valence-electron chi connectivity index (χ3n) is 20.9. The first-order chi connectivity index (χ1) is 56.6. The summed E-state index contributed by atoms with van der Waals surface area (Å²) in [6, 6.07) is 9.66. The smallest absolute Gasteiger partial charge is 0.410 e. The number of halogens is 5. The molecule has 30 nitrogen and oxygen atoms in total. The molecule has 630 valence electrons. The lowest BCUT2D eigenvalue weighted by Gasteiger charge is -2.28. The van der Waals surface area contributed by atoms with Gasteiger partial charge in [0.1, 0.15) is 51.5 Å². The summed E-state index contributed by atoms with van der Waals surface area (Å²) in [6.07, 6.45) is 16.7. The zero-order valence-electron chi connectivity index (χ0n) is 67.9. The van der Waals surface area contributed by atoms with Gasteiger partial charge in [0.15, 0.2) is 11.4 Å². The van der Waals surface area contributed by atoms with E-state index >= 15 is 8.78 Å². The molecule has 9 aromatic rings. The number of nitrogens with one attached hydrogen (secondary N) is 3. The minimum Gasteiger partial charge on any atom is -0.444 e. The maximum Gasteiger partial charge on any atom is 0.410 e. The lowest BCUT2D eigenvalue weighted by Crippen LogP contribution is -2.41. The summed E-state index contributed by atoms with van der Waals surface area (Å²) in [7, 11) is 4.83. The van der Waals surface area contributed by atoms with Crippen molar-refractivity contribution < 1.29 is 60.9 Å². The van der Waals surface area contributed by atoms with Crippen LogP contribution in [0.3, 0.4) is 0 Å². The quantitative estimate of drug-likeness (QED) is 0.0197. The molecule has 3 aromatic carbocycles. The van der Waals surface area contributed by atoms with Gasteiger partial charge in [-0.05, 0) is 159 Å². The van der Waals surface area contributed by atoms with Crippen LogP contribution in [0.1, 0.15) is 213 Å². The number of rotatable bonds is 23. The average Bonchev–Trinajstić information content (AvgIpc) is 1.64. The highest BCUT2D eigenvalue weighted by molar-refractivity contribution is 6.66. The Kier molecular flexibility index (Phi) is 28.6. The number of nitrogens with zero attached hydrogens (tertiary/aromatic N) is 14. The molecular formula is C84H99Cl2F3N20O10. The number of primary amides is 3. The van der Waals surface area contributed by atoms with E-state index in [-0.39, 0.29) is 105 Å². The summed E-state index contributed by atoms with van der Waals surface area (Å²) >= 11 is 4.71. The number of methoxy groups -OCH3 is 3. The third kappa shape index (κ3) is 20.3. The Morgan fingerprint density at radius 2 is 0.941 bits per heavy atom. The number of allylic oxidation sites excluding steroid dienone is 1. The number of likely N-dealkylation sites (tertiary alicyclic amines) is 2. The SMILES string of the molecule is C=CC(=O)Cl.C=CC(=O)N1C[C@@H](n2nc(C#Cc3cc4ncn(C5CC5)c4cc3F)c(C(N)=O)c2NCC)C[C@@H]1COC.CCCc1c(C(N)=O)c(C#Cc2cc3ncn(C4CC4)c3cc2F)nn1[C@H]1C[C@H](COC)N(C(=O)OC(C)(C)C)C1.CCNc1c(C(N)=O)c(C#Cc2cc3ncn(C4CC4)c3cc2F)nn1[C@@H]1CN[C@@H](COC)C1.Cl. The first-order valence-corrected chi connectivity index (χ1v) is 39.7. The van der Waals surface area contributed by atoms with Crippen LogP contribution >= 0.6 is 24.0 Å². The molecule has 6 fully saturated rings. The normalized spacial score (nSPS) is 18.5. The molecule has 3 aliphatic carbocycles. The Balaban J connectivity index is 0.000000170. The fourth-order valence-electron chi connectivity index (χ4n) is 15.1. The molecule has 0 radical (unpaired) electrons. The molecule has 9 N–H and O–H groups in total. The second-order valence-corrected chi connectivity index (χ2v) is 31.1. The van der Waals surface area contributed by atoms with E-state index in [1.54, 1.807) is 82.4 Å². The van der Waals surface area contributed by atoms with Gasteiger partial charge in [0.25, 0.3) is 17.7 Å². The molecular weight excluding hydrogens is 1580 g/mol. The van der Waals surface area contributed by atoms with Crippen molar-refractivity contribution in [1.29, 1.82) is 0 Å². The molecule has 6 aromatic heterocycles.